The second kappa shape index (κ2) is 5.78. The van der Waals surface area contributed by atoms with Gasteiger partial charge >= 0.3 is 0 Å². The molecule has 2 N–H and O–H groups in total. The van der Waals surface area contributed by atoms with E-state index >= 15 is 0 Å². The fourth-order valence-electron chi connectivity index (χ4n) is 1.72. The van der Waals surface area contributed by atoms with E-state index in [1.807, 2.05) is 25.1 Å². The number of carbonyl (C=O) groups is 1. The number of amides is 1. The maximum atomic E-state index is 11.3. The molecule has 1 aliphatic rings. The van der Waals surface area contributed by atoms with E-state index in [-0.39, 0.29) is 11.8 Å². The summed E-state index contributed by atoms with van der Waals surface area (Å²) >= 11 is 1.55. The Labute approximate surface area is 111 Å². The zero-order valence-electron chi connectivity index (χ0n) is 10.2. The lowest BCUT2D eigenvalue weighted by Gasteiger charge is -2.18. The van der Waals surface area contributed by atoms with Gasteiger partial charge in [-0.3, -0.25) is 4.79 Å². The molecule has 0 bridgehead atoms. The molecular formula is C13H15N3OS. The first-order chi connectivity index (χ1) is 8.72. The molecule has 0 aliphatic carbocycles. The number of benzene rings is 1. The molecule has 1 aromatic carbocycles. The summed E-state index contributed by atoms with van der Waals surface area (Å²) in [7, 11) is 0. The van der Waals surface area contributed by atoms with Crippen LogP contribution in [0.1, 0.15) is 13.3 Å². The van der Waals surface area contributed by atoms with E-state index in [0.29, 0.717) is 12.3 Å². The van der Waals surface area contributed by atoms with Crippen LogP contribution in [0.3, 0.4) is 0 Å². The Morgan fingerprint density at radius 1 is 1.61 bits per heavy atom. The summed E-state index contributed by atoms with van der Waals surface area (Å²) in [6.07, 6.45) is 0.834. The number of hydrogen-bond donors (Lipinski definition) is 2. The number of fused-ring (bicyclic) bond motifs is 1. The van der Waals surface area contributed by atoms with E-state index in [1.165, 1.54) is 0 Å². The molecule has 5 heteroatoms. The molecule has 1 aromatic rings. The van der Waals surface area contributed by atoms with Gasteiger partial charge in [0, 0.05) is 17.1 Å². The van der Waals surface area contributed by atoms with Crippen LogP contribution in [0.4, 0.5) is 11.4 Å². The first-order valence-corrected chi connectivity index (χ1v) is 6.91. The number of anilines is 2. The largest absolute Gasteiger partial charge is 0.384 e. The normalized spacial score (nSPS) is 15.2. The molecule has 0 radical (unpaired) electrons. The molecule has 0 aromatic heterocycles. The summed E-state index contributed by atoms with van der Waals surface area (Å²) in [5.74, 6) is 0.532. The third-order valence-electron chi connectivity index (χ3n) is 2.84. The van der Waals surface area contributed by atoms with Gasteiger partial charge in [-0.2, -0.15) is 5.26 Å². The van der Waals surface area contributed by atoms with Gasteiger partial charge in [-0.1, -0.05) is 6.92 Å². The Bertz CT molecular complexity index is 495. The second-order valence-electron chi connectivity index (χ2n) is 4.16. The number of nitriles is 1. The lowest BCUT2D eigenvalue weighted by Crippen LogP contribution is -2.19. The average molecular weight is 261 g/mol. The van der Waals surface area contributed by atoms with Crippen LogP contribution in [0.2, 0.25) is 0 Å². The topological polar surface area (TPSA) is 64.9 Å². The first-order valence-electron chi connectivity index (χ1n) is 5.93. The highest BCUT2D eigenvalue weighted by atomic mass is 32.2. The van der Waals surface area contributed by atoms with Gasteiger partial charge in [-0.25, -0.2) is 0 Å². The van der Waals surface area contributed by atoms with Crippen LogP contribution < -0.4 is 10.6 Å². The minimum absolute atomic E-state index is 0.0185. The van der Waals surface area contributed by atoms with Crippen molar-refractivity contribution in [1.29, 1.82) is 5.26 Å². The minimum Gasteiger partial charge on any atom is -0.384 e. The maximum Gasteiger partial charge on any atom is 0.234 e. The van der Waals surface area contributed by atoms with Gasteiger partial charge < -0.3 is 10.6 Å². The minimum atomic E-state index is 0.0185. The summed E-state index contributed by atoms with van der Waals surface area (Å²) in [5, 5.41) is 15.0. The molecule has 0 saturated heterocycles. The maximum absolute atomic E-state index is 11.3. The Kier molecular flexibility index (Phi) is 4.11. The van der Waals surface area contributed by atoms with Crippen molar-refractivity contribution in [2.45, 2.75) is 18.2 Å². The molecule has 18 heavy (non-hydrogen) atoms. The van der Waals surface area contributed by atoms with E-state index < -0.39 is 0 Å². The second-order valence-corrected chi connectivity index (χ2v) is 5.18. The third kappa shape index (κ3) is 2.96. The molecule has 0 fully saturated rings. The van der Waals surface area contributed by atoms with Crippen molar-refractivity contribution in [1.82, 2.24) is 0 Å². The predicted octanol–water partition coefficient (Wildman–Crippen LogP) is 2.69. The number of nitrogens with zero attached hydrogens (tertiary/aromatic N) is 1. The Morgan fingerprint density at radius 2 is 2.44 bits per heavy atom. The molecule has 1 unspecified atom stereocenters. The van der Waals surface area contributed by atoms with Crippen LogP contribution in [0.15, 0.2) is 23.1 Å². The number of carbonyl (C=O) groups excluding carboxylic acids is 1. The van der Waals surface area contributed by atoms with E-state index in [4.69, 9.17) is 5.26 Å². The van der Waals surface area contributed by atoms with E-state index in [9.17, 15) is 4.79 Å². The van der Waals surface area contributed by atoms with E-state index in [1.54, 1.807) is 11.8 Å². The highest BCUT2D eigenvalue weighted by Crippen LogP contribution is 2.33. The van der Waals surface area contributed by atoms with Crippen molar-refractivity contribution >= 4 is 29.0 Å². The monoisotopic (exact) mass is 261 g/mol. The summed E-state index contributed by atoms with van der Waals surface area (Å²) in [6, 6.07) is 8.15. The summed E-state index contributed by atoms with van der Waals surface area (Å²) < 4.78 is 0. The molecule has 1 amide bonds. The predicted molar refractivity (Wildman–Crippen MR) is 73.7 cm³/mol. The molecule has 1 aliphatic heterocycles. The molecule has 94 valence electrons. The number of hydrogen-bond acceptors (Lipinski definition) is 4. The molecule has 0 spiro atoms. The van der Waals surface area contributed by atoms with Crippen molar-refractivity contribution in [2.75, 3.05) is 22.9 Å². The van der Waals surface area contributed by atoms with Gasteiger partial charge in [0.05, 0.1) is 23.4 Å². The van der Waals surface area contributed by atoms with Gasteiger partial charge in [0.1, 0.15) is 0 Å². The van der Waals surface area contributed by atoms with Crippen molar-refractivity contribution < 1.29 is 4.79 Å². The van der Waals surface area contributed by atoms with Gasteiger partial charge in [-0.15, -0.1) is 11.8 Å². The lowest BCUT2D eigenvalue weighted by molar-refractivity contribution is -0.113. The van der Waals surface area contributed by atoms with Crippen LogP contribution in [-0.4, -0.2) is 18.2 Å². The number of nitrogens with one attached hydrogen (secondary N) is 2. The van der Waals surface area contributed by atoms with Crippen LogP contribution in [-0.2, 0) is 4.79 Å². The molecule has 0 saturated carbocycles. The molecule has 1 atom stereocenters. The quantitative estimate of drug-likeness (QED) is 0.874. The number of thioether (sulfide) groups is 1. The van der Waals surface area contributed by atoms with Crippen LogP contribution in [0.5, 0.6) is 0 Å². The number of rotatable bonds is 4. The van der Waals surface area contributed by atoms with Gasteiger partial charge in [0.25, 0.3) is 0 Å². The fourth-order valence-corrected chi connectivity index (χ4v) is 2.50. The van der Waals surface area contributed by atoms with Crippen molar-refractivity contribution in [3.8, 4) is 6.07 Å². The van der Waals surface area contributed by atoms with Crippen LogP contribution >= 0.6 is 11.8 Å². The first kappa shape index (κ1) is 12.8. The highest BCUT2D eigenvalue weighted by molar-refractivity contribution is 8.00. The fraction of sp³-hybridized carbons (Fsp3) is 0.385. The molecule has 1 heterocycles. The van der Waals surface area contributed by atoms with Crippen molar-refractivity contribution in [2.24, 2.45) is 5.92 Å². The van der Waals surface area contributed by atoms with Crippen molar-refractivity contribution in [3.63, 3.8) is 0 Å². The van der Waals surface area contributed by atoms with E-state index in [0.717, 1.165) is 22.7 Å². The van der Waals surface area contributed by atoms with Crippen LogP contribution in [0.25, 0.3) is 0 Å². The summed E-state index contributed by atoms with van der Waals surface area (Å²) in [5.41, 5.74) is 1.79. The summed E-state index contributed by atoms with van der Waals surface area (Å²) in [4.78, 5) is 12.4. The Balaban J connectivity index is 2.05. The lowest BCUT2D eigenvalue weighted by atomic mass is 10.1. The van der Waals surface area contributed by atoms with E-state index in [2.05, 4.69) is 16.7 Å². The smallest absolute Gasteiger partial charge is 0.234 e. The van der Waals surface area contributed by atoms with Gasteiger partial charge in [0.15, 0.2) is 0 Å². The SMILES string of the molecule is CCC(C#N)CNc1ccc2c(c1)NC(=O)CS2. The van der Waals surface area contributed by atoms with Gasteiger partial charge in [0.2, 0.25) is 5.91 Å². The highest BCUT2D eigenvalue weighted by Gasteiger charge is 2.15. The molecule has 2 rings (SSSR count). The zero-order valence-corrected chi connectivity index (χ0v) is 11.0. The van der Waals surface area contributed by atoms with Gasteiger partial charge in [-0.05, 0) is 24.6 Å². The molecular weight excluding hydrogens is 246 g/mol. The average Bonchev–Trinajstić information content (AvgIpc) is 2.39. The third-order valence-corrected chi connectivity index (χ3v) is 3.91. The Hall–Kier alpha value is -1.67. The summed E-state index contributed by atoms with van der Waals surface area (Å²) in [6.45, 7) is 2.63. The zero-order chi connectivity index (χ0) is 13.0. The standard InChI is InChI=1S/C13H15N3OS/c1-2-9(6-14)7-15-10-3-4-12-11(5-10)16-13(17)8-18-12/h3-5,9,15H,2,7-8H2,1H3,(H,16,17). The molecule has 4 nitrogen and oxygen atoms in total. The Morgan fingerprint density at radius 3 is 3.17 bits per heavy atom. The van der Waals surface area contributed by atoms with Crippen LogP contribution in [0, 0.1) is 17.2 Å². The van der Waals surface area contributed by atoms with Crippen molar-refractivity contribution in [3.05, 3.63) is 18.2 Å².